The van der Waals surface area contributed by atoms with Crippen molar-refractivity contribution < 1.29 is 0 Å². The Labute approximate surface area is 171 Å². The summed E-state index contributed by atoms with van der Waals surface area (Å²) in [6.07, 6.45) is 5.99. The smallest absolute Gasteiger partial charge is 0.192 e. The molecule has 1 aromatic carbocycles. The summed E-state index contributed by atoms with van der Waals surface area (Å²) in [7, 11) is 0. The monoisotopic (exact) mass is 406 g/mol. The Balaban J connectivity index is 1.30. The number of hydrogen-bond donors (Lipinski definition) is 1. The lowest BCUT2D eigenvalue weighted by atomic mass is 10.3. The number of pyridine rings is 1. The maximum atomic E-state index is 4.69. The molecule has 28 heavy (non-hydrogen) atoms. The Hall–Kier alpha value is -2.71. The number of aromatic nitrogens is 5. The Morgan fingerprint density at radius 2 is 2.00 bits per heavy atom. The summed E-state index contributed by atoms with van der Waals surface area (Å²) in [5.74, 6) is 1.67. The summed E-state index contributed by atoms with van der Waals surface area (Å²) in [6.45, 7) is 0. The van der Waals surface area contributed by atoms with E-state index in [1.807, 2.05) is 48.7 Å². The van der Waals surface area contributed by atoms with Crippen LogP contribution in [0.2, 0.25) is 0 Å². The third-order valence-corrected chi connectivity index (χ3v) is 6.21. The van der Waals surface area contributed by atoms with E-state index < -0.39 is 0 Å². The van der Waals surface area contributed by atoms with E-state index >= 15 is 0 Å². The number of rotatable bonds is 7. The minimum atomic E-state index is 0.499. The Morgan fingerprint density at radius 3 is 2.79 bits per heavy atom. The van der Waals surface area contributed by atoms with Crippen LogP contribution in [-0.2, 0) is 5.75 Å². The van der Waals surface area contributed by atoms with Gasteiger partial charge in [-0.25, -0.2) is 4.98 Å². The molecule has 4 aromatic rings. The molecule has 1 aliphatic carbocycles. The van der Waals surface area contributed by atoms with Crippen LogP contribution >= 0.6 is 23.1 Å². The van der Waals surface area contributed by atoms with Crippen LogP contribution in [0.25, 0.3) is 11.4 Å². The SMILES string of the molecule is c1ccc(Nc2nc(CSc3nnc(-c4cccnc4)n3C3CC3)cs2)cc1. The molecule has 140 valence electrons. The van der Waals surface area contributed by atoms with Crippen LogP contribution in [0.3, 0.4) is 0 Å². The molecule has 1 N–H and O–H groups in total. The van der Waals surface area contributed by atoms with Gasteiger partial charge in [-0.1, -0.05) is 30.0 Å². The molecule has 0 bridgehead atoms. The number of thiazole rings is 1. The maximum absolute atomic E-state index is 4.69. The molecule has 0 radical (unpaired) electrons. The van der Waals surface area contributed by atoms with Crippen molar-refractivity contribution in [2.45, 2.75) is 29.8 Å². The van der Waals surface area contributed by atoms with Crippen molar-refractivity contribution in [3.63, 3.8) is 0 Å². The minimum Gasteiger partial charge on any atom is -0.332 e. The van der Waals surface area contributed by atoms with E-state index in [1.165, 1.54) is 12.8 Å². The largest absolute Gasteiger partial charge is 0.332 e. The summed E-state index contributed by atoms with van der Waals surface area (Å²) in [5.41, 5.74) is 3.10. The van der Waals surface area contributed by atoms with Crippen molar-refractivity contribution >= 4 is 33.9 Å². The zero-order valence-electron chi connectivity index (χ0n) is 15.0. The van der Waals surface area contributed by atoms with E-state index in [4.69, 9.17) is 4.98 Å². The second-order valence-electron chi connectivity index (χ2n) is 6.57. The molecular formula is C20H18N6S2. The highest BCUT2D eigenvalue weighted by Crippen LogP contribution is 2.41. The lowest BCUT2D eigenvalue weighted by Crippen LogP contribution is -2.00. The van der Waals surface area contributed by atoms with E-state index in [1.54, 1.807) is 29.3 Å². The van der Waals surface area contributed by atoms with Gasteiger partial charge in [0.05, 0.1) is 5.69 Å². The minimum absolute atomic E-state index is 0.499. The van der Waals surface area contributed by atoms with E-state index in [9.17, 15) is 0 Å². The number of hydrogen-bond acceptors (Lipinski definition) is 7. The molecule has 0 atom stereocenters. The van der Waals surface area contributed by atoms with Gasteiger partial charge in [-0.15, -0.1) is 21.5 Å². The number of anilines is 2. The zero-order chi connectivity index (χ0) is 18.8. The van der Waals surface area contributed by atoms with Crippen LogP contribution in [0.5, 0.6) is 0 Å². The highest BCUT2D eigenvalue weighted by Gasteiger charge is 2.30. The van der Waals surface area contributed by atoms with Gasteiger partial charge in [-0.05, 0) is 37.1 Å². The number of nitrogens with one attached hydrogen (secondary N) is 1. The average molecular weight is 407 g/mol. The quantitative estimate of drug-likeness (QED) is 0.427. The first-order valence-electron chi connectivity index (χ1n) is 9.11. The summed E-state index contributed by atoms with van der Waals surface area (Å²) in [6, 6.07) is 14.6. The summed E-state index contributed by atoms with van der Waals surface area (Å²) >= 11 is 3.31. The number of para-hydroxylation sites is 1. The summed E-state index contributed by atoms with van der Waals surface area (Å²) in [4.78, 5) is 8.91. The second-order valence-corrected chi connectivity index (χ2v) is 8.37. The molecule has 0 saturated heterocycles. The van der Waals surface area contributed by atoms with Crippen LogP contribution < -0.4 is 5.32 Å². The molecule has 1 aliphatic rings. The van der Waals surface area contributed by atoms with Gasteiger partial charge in [0, 0.05) is 40.8 Å². The van der Waals surface area contributed by atoms with Gasteiger partial charge in [0.1, 0.15) is 0 Å². The van der Waals surface area contributed by atoms with Crippen molar-refractivity contribution in [3.8, 4) is 11.4 Å². The van der Waals surface area contributed by atoms with Crippen molar-refractivity contribution in [1.29, 1.82) is 0 Å². The molecule has 0 amide bonds. The standard InChI is InChI=1S/C20H18N6S2/c1-2-6-15(7-3-1)22-19-23-16(12-27-19)13-28-20-25-24-18(26(20)17-8-9-17)14-5-4-10-21-11-14/h1-7,10-12,17H,8-9,13H2,(H,22,23). The van der Waals surface area contributed by atoms with Crippen molar-refractivity contribution in [2.75, 3.05) is 5.32 Å². The number of thioether (sulfide) groups is 1. The van der Waals surface area contributed by atoms with Crippen LogP contribution in [-0.4, -0.2) is 24.7 Å². The number of benzene rings is 1. The van der Waals surface area contributed by atoms with E-state index in [-0.39, 0.29) is 0 Å². The zero-order valence-corrected chi connectivity index (χ0v) is 16.7. The summed E-state index contributed by atoms with van der Waals surface area (Å²) in [5, 5.41) is 16.2. The Morgan fingerprint density at radius 1 is 1.11 bits per heavy atom. The van der Waals surface area contributed by atoms with E-state index in [2.05, 4.69) is 30.4 Å². The lowest BCUT2D eigenvalue weighted by Gasteiger charge is -2.08. The van der Waals surface area contributed by atoms with Gasteiger partial charge < -0.3 is 5.32 Å². The fourth-order valence-electron chi connectivity index (χ4n) is 2.94. The summed E-state index contributed by atoms with van der Waals surface area (Å²) < 4.78 is 2.26. The topological polar surface area (TPSA) is 68.5 Å². The third-order valence-electron chi connectivity index (χ3n) is 4.42. The molecule has 5 rings (SSSR count). The van der Waals surface area contributed by atoms with Gasteiger partial charge in [-0.2, -0.15) is 0 Å². The molecule has 0 aliphatic heterocycles. The van der Waals surface area contributed by atoms with Crippen LogP contribution in [0.15, 0.2) is 65.4 Å². The first-order valence-corrected chi connectivity index (χ1v) is 11.0. The van der Waals surface area contributed by atoms with E-state index in [0.29, 0.717) is 6.04 Å². The van der Waals surface area contributed by atoms with Gasteiger partial charge in [-0.3, -0.25) is 9.55 Å². The van der Waals surface area contributed by atoms with Crippen molar-refractivity contribution in [1.82, 2.24) is 24.7 Å². The van der Waals surface area contributed by atoms with Crippen molar-refractivity contribution in [2.24, 2.45) is 0 Å². The molecule has 8 heteroatoms. The molecule has 6 nitrogen and oxygen atoms in total. The molecule has 3 aromatic heterocycles. The predicted octanol–water partition coefficient (Wildman–Crippen LogP) is 5.17. The van der Waals surface area contributed by atoms with E-state index in [0.717, 1.165) is 38.8 Å². The first-order chi connectivity index (χ1) is 13.9. The fraction of sp³-hybridized carbons (Fsp3) is 0.200. The fourth-order valence-corrected chi connectivity index (χ4v) is 4.68. The third kappa shape index (κ3) is 3.79. The van der Waals surface area contributed by atoms with Crippen LogP contribution in [0, 0.1) is 0 Å². The Kier molecular flexibility index (Phi) is 4.80. The predicted molar refractivity (Wildman–Crippen MR) is 113 cm³/mol. The van der Waals surface area contributed by atoms with Gasteiger partial charge in [0.2, 0.25) is 0 Å². The van der Waals surface area contributed by atoms with Crippen LogP contribution in [0.4, 0.5) is 10.8 Å². The number of nitrogens with zero attached hydrogens (tertiary/aromatic N) is 5. The second kappa shape index (κ2) is 7.73. The lowest BCUT2D eigenvalue weighted by molar-refractivity contribution is 0.669. The average Bonchev–Trinajstić information content (AvgIpc) is 3.33. The van der Waals surface area contributed by atoms with Gasteiger partial charge in [0.15, 0.2) is 16.1 Å². The normalized spacial score (nSPS) is 13.6. The molecular weight excluding hydrogens is 388 g/mol. The van der Waals surface area contributed by atoms with Crippen molar-refractivity contribution in [3.05, 3.63) is 65.9 Å². The Bertz CT molecular complexity index is 1060. The molecule has 3 heterocycles. The van der Waals surface area contributed by atoms with Gasteiger partial charge in [0.25, 0.3) is 0 Å². The molecule has 1 fully saturated rings. The highest BCUT2D eigenvalue weighted by atomic mass is 32.2. The molecule has 1 saturated carbocycles. The van der Waals surface area contributed by atoms with Gasteiger partial charge >= 0.3 is 0 Å². The first kappa shape index (κ1) is 17.4. The maximum Gasteiger partial charge on any atom is 0.192 e. The van der Waals surface area contributed by atoms with Crippen LogP contribution in [0.1, 0.15) is 24.6 Å². The molecule has 0 spiro atoms. The molecule has 0 unspecified atom stereocenters. The highest BCUT2D eigenvalue weighted by molar-refractivity contribution is 7.98.